The summed E-state index contributed by atoms with van der Waals surface area (Å²) in [5.74, 6) is 0.0725. The molecule has 6 nitrogen and oxygen atoms in total. The summed E-state index contributed by atoms with van der Waals surface area (Å²) in [5, 5.41) is 2.70. The summed E-state index contributed by atoms with van der Waals surface area (Å²) >= 11 is 0. The number of unbranched alkanes of at least 4 members (excludes halogenated alkanes) is 2. The fourth-order valence-electron chi connectivity index (χ4n) is 1.83. The minimum atomic E-state index is -0.579. The van der Waals surface area contributed by atoms with Crippen LogP contribution in [0.2, 0.25) is 0 Å². The Bertz CT molecular complexity index is 501. The van der Waals surface area contributed by atoms with Crippen LogP contribution in [-0.4, -0.2) is 39.2 Å². The van der Waals surface area contributed by atoms with Gasteiger partial charge in [-0.3, -0.25) is 4.79 Å². The highest BCUT2D eigenvalue weighted by molar-refractivity contribution is 5.92. The Morgan fingerprint density at radius 3 is 2.45 bits per heavy atom. The van der Waals surface area contributed by atoms with Gasteiger partial charge in [-0.1, -0.05) is 19.8 Å². The standard InChI is InChI=1S/C16H23NO5/c1-4-5-6-9-17-15(18)11-22-16(19)12-7-8-13(20-2)14(10-12)21-3/h7-8,10H,4-6,9,11H2,1-3H3,(H,17,18). The molecule has 0 spiro atoms. The van der Waals surface area contributed by atoms with Crippen molar-refractivity contribution in [3.63, 3.8) is 0 Å². The Morgan fingerprint density at radius 1 is 1.09 bits per heavy atom. The maximum atomic E-state index is 11.9. The van der Waals surface area contributed by atoms with Crippen molar-refractivity contribution in [2.45, 2.75) is 26.2 Å². The number of carbonyl (C=O) groups excluding carboxylic acids is 2. The zero-order valence-corrected chi connectivity index (χ0v) is 13.3. The van der Waals surface area contributed by atoms with E-state index in [0.29, 0.717) is 23.6 Å². The van der Waals surface area contributed by atoms with Crippen LogP contribution in [0, 0.1) is 0 Å². The summed E-state index contributed by atoms with van der Waals surface area (Å²) in [6.45, 7) is 2.40. The van der Waals surface area contributed by atoms with Gasteiger partial charge in [0.15, 0.2) is 18.1 Å². The largest absolute Gasteiger partial charge is 0.493 e. The molecule has 1 rings (SSSR count). The van der Waals surface area contributed by atoms with Crippen LogP contribution in [-0.2, 0) is 9.53 Å². The molecule has 0 saturated carbocycles. The van der Waals surface area contributed by atoms with Crippen LogP contribution >= 0.6 is 0 Å². The van der Waals surface area contributed by atoms with E-state index < -0.39 is 5.97 Å². The van der Waals surface area contributed by atoms with Gasteiger partial charge in [0.2, 0.25) is 0 Å². The molecule has 0 bridgehead atoms. The molecule has 0 unspecified atom stereocenters. The van der Waals surface area contributed by atoms with E-state index in [1.807, 2.05) is 0 Å². The molecule has 0 aliphatic rings. The number of amides is 1. The summed E-state index contributed by atoms with van der Waals surface area (Å²) in [4.78, 5) is 23.4. The molecule has 22 heavy (non-hydrogen) atoms. The lowest BCUT2D eigenvalue weighted by atomic mass is 10.2. The topological polar surface area (TPSA) is 73.9 Å². The number of carbonyl (C=O) groups is 2. The number of benzene rings is 1. The van der Waals surface area contributed by atoms with Crippen LogP contribution in [0.4, 0.5) is 0 Å². The molecule has 1 aromatic rings. The third-order valence-electron chi connectivity index (χ3n) is 3.06. The Morgan fingerprint density at radius 2 is 1.82 bits per heavy atom. The normalized spacial score (nSPS) is 9.95. The molecule has 0 heterocycles. The van der Waals surface area contributed by atoms with Gasteiger partial charge in [0, 0.05) is 6.54 Å². The molecular weight excluding hydrogens is 286 g/mol. The third kappa shape index (κ3) is 5.63. The molecule has 1 N–H and O–H groups in total. The maximum Gasteiger partial charge on any atom is 0.338 e. The van der Waals surface area contributed by atoms with Crippen molar-refractivity contribution >= 4 is 11.9 Å². The highest BCUT2D eigenvalue weighted by Crippen LogP contribution is 2.27. The second-order valence-electron chi connectivity index (χ2n) is 4.70. The molecule has 6 heteroatoms. The number of ether oxygens (including phenoxy) is 3. The Kier molecular flexibility index (Phi) is 7.81. The van der Waals surface area contributed by atoms with Gasteiger partial charge in [-0.25, -0.2) is 4.79 Å². The van der Waals surface area contributed by atoms with Crippen molar-refractivity contribution in [3.05, 3.63) is 23.8 Å². The molecule has 1 aromatic carbocycles. The lowest BCUT2D eigenvalue weighted by molar-refractivity contribution is -0.124. The van der Waals surface area contributed by atoms with E-state index >= 15 is 0 Å². The molecule has 1 amide bonds. The SMILES string of the molecule is CCCCCNC(=O)COC(=O)c1ccc(OC)c(OC)c1. The van der Waals surface area contributed by atoms with E-state index in [-0.39, 0.29) is 12.5 Å². The van der Waals surface area contributed by atoms with Crippen LogP contribution in [0.5, 0.6) is 11.5 Å². The van der Waals surface area contributed by atoms with E-state index in [4.69, 9.17) is 14.2 Å². The number of esters is 1. The van der Waals surface area contributed by atoms with Gasteiger partial charge in [0.25, 0.3) is 5.91 Å². The van der Waals surface area contributed by atoms with Gasteiger partial charge in [0.1, 0.15) is 0 Å². The van der Waals surface area contributed by atoms with E-state index in [9.17, 15) is 9.59 Å². The average molecular weight is 309 g/mol. The Balaban J connectivity index is 2.46. The lowest BCUT2D eigenvalue weighted by Gasteiger charge is -2.09. The first-order valence-corrected chi connectivity index (χ1v) is 7.28. The summed E-state index contributed by atoms with van der Waals surface area (Å²) in [6.07, 6.45) is 3.07. The maximum absolute atomic E-state index is 11.9. The van der Waals surface area contributed by atoms with Gasteiger partial charge in [-0.2, -0.15) is 0 Å². The molecule has 0 aromatic heterocycles. The van der Waals surface area contributed by atoms with Crippen LogP contribution in [0.3, 0.4) is 0 Å². The molecule has 0 atom stereocenters. The zero-order chi connectivity index (χ0) is 16.4. The first kappa shape index (κ1) is 17.8. The van der Waals surface area contributed by atoms with Crippen LogP contribution in [0.25, 0.3) is 0 Å². The number of methoxy groups -OCH3 is 2. The van der Waals surface area contributed by atoms with Gasteiger partial charge < -0.3 is 19.5 Å². The van der Waals surface area contributed by atoms with Crippen molar-refractivity contribution < 1.29 is 23.8 Å². The molecular formula is C16H23NO5. The summed E-state index contributed by atoms with van der Waals surface area (Å²) in [5.41, 5.74) is 0.302. The fraction of sp³-hybridized carbons (Fsp3) is 0.500. The first-order valence-electron chi connectivity index (χ1n) is 7.28. The van der Waals surface area contributed by atoms with E-state index in [0.717, 1.165) is 19.3 Å². The third-order valence-corrected chi connectivity index (χ3v) is 3.06. The van der Waals surface area contributed by atoms with E-state index in [2.05, 4.69) is 12.2 Å². The minimum Gasteiger partial charge on any atom is -0.493 e. The van der Waals surface area contributed by atoms with Gasteiger partial charge in [-0.05, 0) is 24.6 Å². The van der Waals surface area contributed by atoms with Crippen LogP contribution in [0.1, 0.15) is 36.5 Å². The summed E-state index contributed by atoms with van der Waals surface area (Å²) < 4.78 is 15.2. The molecule has 0 radical (unpaired) electrons. The van der Waals surface area contributed by atoms with Crippen molar-refractivity contribution in [3.8, 4) is 11.5 Å². The number of hydrogen-bond acceptors (Lipinski definition) is 5. The Labute approximate surface area is 130 Å². The highest BCUT2D eigenvalue weighted by atomic mass is 16.5. The van der Waals surface area contributed by atoms with Crippen molar-refractivity contribution in [2.24, 2.45) is 0 Å². The summed E-state index contributed by atoms with van der Waals surface area (Å²) in [6, 6.07) is 4.68. The van der Waals surface area contributed by atoms with Crippen molar-refractivity contribution in [1.29, 1.82) is 0 Å². The van der Waals surface area contributed by atoms with Crippen LogP contribution < -0.4 is 14.8 Å². The molecule has 0 saturated heterocycles. The predicted octanol–water partition coefficient (Wildman–Crippen LogP) is 2.17. The first-order chi connectivity index (χ1) is 10.6. The molecule has 0 aliphatic heterocycles. The summed E-state index contributed by atoms with van der Waals surface area (Å²) in [7, 11) is 3.00. The van der Waals surface area contributed by atoms with Crippen molar-refractivity contribution in [2.75, 3.05) is 27.4 Å². The number of nitrogens with one attached hydrogen (secondary N) is 1. The quantitative estimate of drug-likeness (QED) is 0.559. The fourth-order valence-corrected chi connectivity index (χ4v) is 1.83. The van der Waals surface area contributed by atoms with Gasteiger partial charge >= 0.3 is 5.97 Å². The monoisotopic (exact) mass is 309 g/mol. The molecule has 0 aliphatic carbocycles. The second kappa shape index (κ2) is 9.65. The van der Waals surface area contributed by atoms with E-state index in [1.165, 1.54) is 20.3 Å². The van der Waals surface area contributed by atoms with Gasteiger partial charge in [-0.15, -0.1) is 0 Å². The van der Waals surface area contributed by atoms with Crippen molar-refractivity contribution in [1.82, 2.24) is 5.32 Å². The van der Waals surface area contributed by atoms with Gasteiger partial charge in [0.05, 0.1) is 19.8 Å². The second-order valence-corrected chi connectivity index (χ2v) is 4.70. The average Bonchev–Trinajstić information content (AvgIpc) is 2.55. The predicted molar refractivity (Wildman–Crippen MR) is 82.4 cm³/mol. The zero-order valence-electron chi connectivity index (χ0n) is 13.3. The lowest BCUT2D eigenvalue weighted by Crippen LogP contribution is -2.29. The highest BCUT2D eigenvalue weighted by Gasteiger charge is 2.13. The van der Waals surface area contributed by atoms with Crippen LogP contribution in [0.15, 0.2) is 18.2 Å². The molecule has 122 valence electrons. The Hall–Kier alpha value is -2.24. The smallest absolute Gasteiger partial charge is 0.338 e. The molecule has 0 fully saturated rings. The minimum absolute atomic E-state index is 0.292. The van der Waals surface area contributed by atoms with E-state index in [1.54, 1.807) is 12.1 Å². The number of rotatable bonds is 9. The number of hydrogen-bond donors (Lipinski definition) is 1.